The first-order valence-corrected chi connectivity index (χ1v) is 13.5. The van der Waals surface area contributed by atoms with Crippen molar-refractivity contribution < 1.29 is 9.59 Å². The van der Waals surface area contributed by atoms with Gasteiger partial charge in [-0.05, 0) is 67.6 Å². The highest BCUT2D eigenvalue weighted by molar-refractivity contribution is 7.98. The third kappa shape index (κ3) is 8.36. The lowest BCUT2D eigenvalue weighted by Crippen LogP contribution is -2.47. The van der Waals surface area contributed by atoms with Crippen molar-refractivity contribution in [2.45, 2.75) is 51.2 Å². The summed E-state index contributed by atoms with van der Waals surface area (Å²) in [5.74, 6) is 0.254. The Bertz CT molecular complexity index is 899. The summed E-state index contributed by atoms with van der Waals surface area (Å²) in [4.78, 5) is 28.0. The average molecular weight is 488 g/mol. The Kier molecular flexibility index (Phi) is 10.6. The van der Waals surface area contributed by atoms with Crippen LogP contribution in [0, 0.1) is 0 Å². The molecule has 0 saturated carbocycles. The van der Waals surface area contributed by atoms with Gasteiger partial charge in [-0.2, -0.15) is 11.8 Å². The number of rotatable bonds is 10. The Balaban J connectivity index is 1.53. The Morgan fingerprint density at radius 2 is 1.67 bits per heavy atom. The van der Waals surface area contributed by atoms with E-state index in [1.165, 1.54) is 44.3 Å². The Morgan fingerprint density at radius 3 is 2.33 bits per heavy atom. The van der Waals surface area contributed by atoms with Crippen LogP contribution in [0.3, 0.4) is 0 Å². The lowest BCUT2D eigenvalue weighted by molar-refractivity contribution is -0.123. The highest BCUT2D eigenvalue weighted by Crippen LogP contribution is 2.16. The molecule has 178 valence electrons. The van der Waals surface area contributed by atoms with Crippen LogP contribution in [0.2, 0.25) is 5.02 Å². The van der Waals surface area contributed by atoms with E-state index in [-0.39, 0.29) is 11.8 Å². The highest BCUT2D eigenvalue weighted by Gasteiger charge is 2.22. The summed E-state index contributed by atoms with van der Waals surface area (Å²) in [6.45, 7) is 3.77. The van der Waals surface area contributed by atoms with Crippen LogP contribution in [0.1, 0.15) is 53.6 Å². The lowest BCUT2D eigenvalue weighted by Gasteiger charge is -2.20. The van der Waals surface area contributed by atoms with Gasteiger partial charge in [0.1, 0.15) is 6.04 Å². The van der Waals surface area contributed by atoms with Crippen molar-refractivity contribution in [1.82, 2.24) is 15.5 Å². The summed E-state index contributed by atoms with van der Waals surface area (Å²) < 4.78 is 0. The van der Waals surface area contributed by atoms with Crippen LogP contribution >= 0.6 is 23.4 Å². The zero-order valence-electron chi connectivity index (χ0n) is 19.3. The standard InChI is InChI=1S/C26H34ClN3O2S/c1-33-17-14-24(29-25(31)22-8-4-5-9-23(22)27)26(32)28-18-20-10-12-21(13-11-20)19-30-15-6-2-3-7-16-30/h4-5,8-13,24H,2-3,6-7,14-19H2,1H3,(H,28,32)(H,29,31). The van der Waals surface area contributed by atoms with Gasteiger partial charge in [0, 0.05) is 13.1 Å². The van der Waals surface area contributed by atoms with E-state index in [2.05, 4.69) is 39.8 Å². The molecule has 2 N–H and O–H groups in total. The van der Waals surface area contributed by atoms with Crippen molar-refractivity contribution in [3.05, 3.63) is 70.2 Å². The van der Waals surface area contributed by atoms with E-state index >= 15 is 0 Å². The number of thioether (sulfide) groups is 1. The molecular formula is C26H34ClN3O2S. The van der Waals surface area contributed by atoms with Crippen LogP contribution in [0.25, 0.3) is 0 Å². The number of halogens is 1. The summed E-state index contributed by atoms with van der Waals surface area (Å²) in [6, 6.07) is 14.7. The minimum atomic E-state index is -0.608. The fourth-order valence-electron chi connectivity index (χ4n) is 4.01. The van der Waals surface area contributed by atoms with E-state index in [9.17, 15) is 9.59 Å². The molecule has 1 aliphatic rings. The molecule has 2 aromatic rings. The predicted octanol–water partition coefficient (Wildman–Crippen LogP) is 4.88. The Hall–Kier alpha value is -2.02. The molecule has 1 aliphatic heterocycles. The van der Waals surface area contributed by atoms with Crippen molar-refractivity contribution in [2.24, 2.45) is 0 Å². The number of hydrogen-bond acceptors (Lipinski definition) is 4. The molecule has 0 aliphatic carbocycles. The molecule has 1 saturated heterocycles. The molecular weight excluding hydrogens is 454 g/mol. The Morgan fingerprint density at radius 1 is 1.00 bits per heavy atom. The van der Waals surface area contributed by atoms with Gasteiger partial charge in [-0.15, -0.1) is 0 Å². The van der Waals surface area contributed by atoms with Crippen molar-refractivity contribution in [3.63, 3.8) is 0 Å². The van der Waals surface area contributed by atoms with Gasteiger partial charge in [-0.1, -0.05) is 60.8 Å². The van der Waals surface area contributed by atoms with Gasteiger partial charge >= 0.3 is 0 Å². The first kappa shape index (κ1) is 25.6. The second-order valence-corrected chi connectivity index (χ2v) is 9.90. The summed E-state index contributed by atoms with van der Waals surface area (Å²) in [6.07, 6.45) is 7.79. The molecule has 33 heavy (non-hydrogen) atoms. The first-order valence-electron chi connectivity index (χ1n) is 11.7. The van der Waals surface area contributed by atoms with E-state index in [4.69, 9.17) is 11.6 Å². The smallest absolute Gasteiger partial charge is 0.253 e. The van der Waals surface area contributed by atoms with Crippen molar-refractivity contribution >= 4 is 35.2 Å². The minimum Gasteiger partial charge on any atom is -0.350 e. The largest absolute Gasteiger partial charge is 0.350 e. The average Bonchev–Trinajstić information content (AvgIpc) is 3.10. The zero-order valence-corrected chi connectivity index (χ0v) is 20.9. The molecule has 3 rings (SSSR count). The molecule has 1 atom stereocenters. The number of nitrogens with zero attached hydrogens (tertiary/aromatic N) is 1. The number of nitrogens with one attached hydrogen (secondary N) is 2. The van der Waals surface area contributed by atoms with Gasteiger partial charge < -0.3 is 10.6 Å². The van der Waals surface area contributed by atoms with Crippen LogP contribution in [0.5, 0.6) is 0 Å². The van der Waals surface area contributed by atoms with Gasteiger partial charge in [0.05, 0.1) is 10.6 Å². The van der Waals surface area contributed by atoms with Gasteiger partial charge in [0.2, 0.25) is 5.91 Å². The van der Waals surface area contributed by atoms with Gasteiger partial charge in [-0.25, -0.2) is 0 Å². The first-order chi connectivity index (χ1) is 16.1. The van der Waals surface area contributed by atoms with E-state index in [1.807, 2.05) is 6.26 Å². The molecule has 0 bridgehead atoms. The van der Waals surface area contributed by atoms with E-state index in [1.54, 1.807) is 36.0 Å². The van der Waals surface area contributed by atoms with Crippen LogP contribution in [-0.2, 0) is 17.9 Å². The monoisotopic (exact) mass is 487 g/mol. The van der Waals surface area contributed by atoms with Gasteiger partial charge in [0.25, 0.3) is 5.91 Å². The minimum absolute atomic E-state index is 0.182. The van der Waals surface area contributed by atoms with Crippen LogP contribution in [0.4, 0.5) is 0 Å². The third-order valence-corrected chi connectivity index (χ3v) is 6.92. The predicted molar refractivity (Wildman–Crippen MR) is 138 cm³/mol. The molecule has 1 heterocycles. The fourth-order valence-corrected chi connectivity index (χ4v) is 4.71. The molecule has 0 aromatic heterocycles. The zero-order chi connectivity index (χ0) is 23.5. The fraction of sp³-hybridized carbons (Fsp3) is 0.462. The quantitative estimate of drug-likeness (QED) is 0.501. The summed E-state index contributed by atoms with van der Waals surface area (Å²) in [7, 11) is 0. The van der Waals surface area contributed by atoms with Crippen LogP contribution in [0.15, 0.2) is 48.5 Å². The van der Waals surface area contributed by atoms with Crippen LogP contribution < -0.4 is 10.6 Å². The van der Waals surface area contributed by atoms with Gasteiger partial charge in [-0.3, -0.25) is 14.5 Å². The summed E-state index contributed by atoms with van der Waals surface area (Å²) in [5.41, 5.74) is 2.72. The maximum Gasteiger partial charge on any atom is 0.253 e. The summed E-state index contributed by atoms with van der Waals surface area (Å²) in [5, 5.41) is 6.21. The SMILES string of the molecule is CSCCC(NC(=O)c1ccccc1Cl)C(=O)NCc1ccc(CN2CCCCCC2)cc1. The molecule has 2 aromatic carbocycles. The number of benzene rings is 2. The number of hydrogen-bond donors (Lipinski definition) is 2. The normalized spacial score (nSPS) is 15.5. The van der Waals surface area contributed by atoms with Crippen LogP contribution in [-0.4, -0.2) is 47.9 Å². The second-order valence-electron chi connectivity index (χ2n) is 8.51. The van der Waals surface area contributed by atoms with E-state index < -0.39 is 6.04 Å². The molecule has 5 nitrogen and oxygen atoms in total. The number of carbonyl (C=O) groups is 2. The summed E-state index contributed by atoms with van der Waals surface area (Å²) >= 11 is 7.79. The number of amides is 2. The molecule has 7 heteroatoms. The maximum absolute atomic E-state index is 12.9. The van der Waals surface area contributed by atoms with Crippen molar-refractivity contribution in [1.29, 1.82) is 0 Å². The highest BCUT2D eigenvalue weighted by atomic mass is 35.5. The molecule has 2 amide bonds. The Labute approximate surface area is 206 Å². The van der Waals surface area contributed by atoms with E-state index in [0.29, 0.717) is 23.6 Å². The number of likely N-dealkylation sites (tertiary alicyclic amines) is 1. The molecule has 1 fully saturated rings. The maximum atomic E-state index is 12.9. The number of carbonyl (C=O) groups excluding carboxylic acids is 2. The lowest BCUT2D eigenvalue weighted by atomic mass is 10.1. The second kappa shape index (κ2) is 13.6. The topological polar surface area (TPSA) is 61.4 Å². The molecule has 0 radical (unpaired) electrons. The van der Waals surface area contributed by atoms with Crippen molar-refractivity contribution in [2.75, 3.05) is 25.1 Å². The third-order valence-electron chi connectivity index (χ3n) is 5.95. The van der Waals surface area contributed by atoms with Gasteiger partial charge in [0.15, 0.2) is 0 Å². The van der Waals surface area contributed by atoms with E-state index in [0.717, 1.165) is 17.9 Å². The molecule has 1 unspecified atom stereocenters. The molecule has 0 spiro atoms. The van der Waals surface area contributed by atoms with Crippen molar-refractivity contribution in [3.8, 4) is 0 Å².